The molecule has 0 atom stereocenters. The average Bonchev–Trinajstić information content (AvgIpc) is 2.46. The molecule has 0 bridgehead atoms. The Balaban J connectivity index is 1.70. The zero-order valence-electron chi connectivity index (χ0n) is 5.68. The van der Waals surface area contributed by atoms with Crippen LogP contribution in [0.2, 0.25) is 0 Å². The molecule has 2 aliphatic rings. The third-order valence-electron chi connectivity index (χ3n) is 1.89. The first-order chi connectivity index (χ1) is 4.45. The van der Waals surface area contributed by atoms with Gasteiger partial charge in [-0.15, -0.1) is 0 Å². The molecule has 1 aliphatic heterocycles. The van der Waals surface area contributed by atoms with Crippen molar-refractivity contribution in [2.45, 2.75) is 31.8 Å². The Labute approximate surface area is 55.7 Å². The summed E-state index contributed by atoms with van der Waals surface area (Å²) in [6.45, 7) is 2.33. The molecule has 1 saturated heterocycles. The van der Waals surface area contributed by atoms with Gasteiger partial charge in [-0.25, -0.2) is 0 Å². The van der Waals surface area contributed by atoms with Crippen molar-refractivity contribution in [2.24, 2.45) is 0 Å². The highest BCUT2D eigenvalue weighted by molar-refractivity contribution is 4.73. The zero-order chi connectivity index (χ0) is 6.10. The molecule has 1 saturated carbocycles. The van der Waals surface area contributed by atoms with Crippen molar-refractivity contribution >= 4 is 0 Å². The topological polar surface area (TPSA) is 12.5 Å². The van der Waals surface area contributed by atoms with E-state index in [0.717, 1.165) is 13.1 Å². The lowest BCUT2D eigenvalue weighted by atomic mass is 10.4. The molecule has 9 heavy (non-hydrogen) atoms. The van der Waals surface area contributed by atoms with E-state index in [1.165, 1.54) is 25.7 Å². The highest BCUT2D eigenvalue weighted by atomic mass is 16.7. The van der Waals surface area contributed by atoms with Crippen molar-refractivity contribution < 1.29 is 4.84 Å². The van der Waals surface area contributed by atoms with Crippen LogP contribution in [-0.4, -0.2) is 24.3 Å². The van der Waals surface area contributed by atoms with Gasteiger partial charge in [0, 0.05) is 13.1 Å². The van der Waals surface area contributed by atoms with Gasteiger partial charge in [0.25, 0.3) is 0 Å². The van der Waals surface area contributed by atoms with Crippen LogP contribution in [0.5, 0.6) is 0 Å². The highest BCUT2D eigenvalue weighted by Crippen LogP contribution is 2.26. The largest absolute Gasteiger partial charge is 0.296 e. The van der Waals surface area contributed by atoms with Gasteiger partial charge < -0.3 is 0 Å². The summed E-state index contributed by atoms with van der Waals surface area (Å²) in [6, 6.07) is 0. The van der Waals surface area contributed by atoms with E-state index in [0.29, 0.717) is 6.10 Å². The van der Waals surface area contributed by atoms with E-state index in [1.807, 2.05) is 0 Å². The lowest BCUT2D eigenvalue weighted by Gasteiger charge is -2.12. The third kappa shape index (κ3) is 1.43. The molecule has 2 fully saturated rings. The van der Waals surface area contributed by atoms with Crippen LogP contribution in [0.15, 0.2) is 0 Å². The molecule has 2 rings (SSSR count). The van der Waals surface area contributed by atoms with Gasteiger partial charge in [0.05, 0.1) is 6.10 Å². The molecule has 0 aromatic rings. The maximum atomic E-state index is 5.56. The van der Waals surface area contributed by atoms with Crippen LogP contribution in [0.25, 0.3) is 0 Å². The molecule has 2 heteroatoms. The molecular weight excluding hydrogens is 114 g/mol. The van der Waals surface area contributed by atoms with Gasteiger partial charge in [-0.2, -0.15) is 5.06 Å². The number of rotatable bonds is 2. The van der Waals surface area contributed by atoms with Gasteiger partial charge in [-0.3, -0.25) is 4.84 Å². The molecule has 0 aromatic heterocycles. The Morgan fingerprint density at radius 1 is 1.11 bits per heavy atom. The first kappa shape index (κ1) is 5.69. The van der Waals surface area contributed by atoms with E-state index in [-0.39, 0.29) is 0 Å². The SMILES string of the molecule is C1CCN(OC2CC2)C1. The number of nitrogens with zero attached hydrogens (tertiary/aromatic N) is 1. The number of hydrogen-bond acceptors (Lipinski definition) is 2. The molecule has 1 heterocycles. The van der Waals surface area contributed by atoms with E-state index < -0.39 is 0 Å². The van der Waals surface area contributed by atoms with E-state index >= 15 is 0 Å². The molecular formula is C7H13NO. The first-order valence-corrected chi connectivity index (χ1v) is 3.87. The lowest BCUT2D eigenvalue weighted by Crippen LogP contribution is -2.20. The van der Waals surface area contributed by atoms with Crippen LogP contribution in [0.4, 0.5) is 0 Å². The summed E-state index contributed by atoms with van der Waals surface area (Å²) in [7, 11) is 0. The van der Waals surface area contributed by atoms with E-state index in [9.17, 15) is 0 Å². The number of hydrogen-bond donors (Lipinski definition) is 0. The Hall–Kier alpha value is -0.0800. The molecule has 0 N–H and O–H groups in total. The molecule has 1 aliphatic carbocycles. The summed E-state index contributed by atoms with van der Waals surface area (Å²) in [5.74, 6) is 0. The standard InChI is InChI=1S/C7H13NO/c1-2-6-8(5-1)9-7-3-4-7/h7H,1-6H2. The van der Waals surface area contributed by atoms with Gasteiger partial charge in [0.1, 0.15) is 0 Å². The summed E-state index contributed by atoms with van der Waals surface area (Å²) in [5, 5.41) is 2.12. The quantitative estimate of drug-likeness (QED) is 0.552. The van der Waals surface area contributed by atoms with Gasteiger partial charge in [-0.1, -0.05) is 0 Å². The van der Waals surface area contributed by atoms with Crippen molar-refractivity contribution in [1.82, 2.24) is 5.06 Å². The van der Waals surface area contributed by atoms with Crippen LogP contribution < -0.4 is 0 Å². The molecule has 2 nitrogen and oxygen atoms in total. The third-order valence-corrected chi connectivity index (χ3v) is 1.89. The van der Waals surface area contributed by atoms with Crippen molar-refractivity contribution in [1.29, 1.82) is 0 Å². The fourth-order valence-electron chi connectivity index (χ4n) is 1.18. The van der Waals surface area contributed by atoms with Gasteiger partial charge >= 0.3 is 0 Å². The highest BCUT2D eigenvalue weighted by Gasteiger charge is 2.26. The minimum absolute atomic E-state index is 0.600. The predicted octanol–water partition coefficient (Wildman–Crippen LogP) is 1.18. The maximum Gasteiger partial charge on any atom is 0.0795 e. The van der Waals surface area contributed by atoms with Crippen LogP contribution in [0.3, 0.4) is 0 Å². The minimum Gasteiger partial charge on any atom is -0.296 e. The van der Waals surface area contributed by atoms with E-state index in [1.54, 1.807) is 0 Å². The summed E-state index contributed by atoms with van der Waals surface area (Å²) < 4.78 is 0. The summed E-state index contributed by atoms with van der Waals surface area (Å²) >= 11 is 0. The first-order valence-electron chi connectivity index (χ1n) is 3.87. The number of hydroxylamine groups is 2. The van der Waals surface area contributed by atoms with Crippen molar-refractivity contribution in [3.8, 4) is 0 Å². The Bertz CT molecular complexity index is 95.1. The normalized spacial score (nSPS) is 29.3. The molecule has 0 aromatic carbocycles. The molecule has 0 amide bonds. The Morgan fingerprint density at radius 2 is 1.78 bits per heavy atom. The lowest BCUT2D eigenvalue weighted by molar-refractivity contribution is -0.153. The van der Waals surface area contributed by atoms with Crippen LogP contribution in [0, 0.1) is 0 Å². The predicted molar refractivity (Wildman–Crippen MR) is 34.9 cm³/mol. The second-order valence-corrected chi connectivity index (χ2v) is 2.94. The smallest absolute Gasteiger partial charge is 0.0795 e. The Morgan fingerprint density at radius 3 is 2.33 bits per heavy atom. The fourth-order valence-corrected chi connectivity index (χ4v) is 1.18. The Kier molecular flexibility index (Phi) is 1.44. The van der Waals surface area contributed by atoms with Crippen molar-refractivity contribution in [3.63, 3.8) is 0 Å². The van der Waals surface area contributed by atoms with Crippen molar-refractivity contribution in [3.05, 3.63) is 0 Å². The fraction of sp³-hybridized carbons (Fsp3) is 1.00. The van der Waals surface area contributed by atoms with Gasteiger partial charge in [-0.05, 0) is 25.7 Å². The molecule has 52 valence electrons. The molecule has 0 spiro atoms. The summed E-state index contributed by atoms with van der Waals surface area (Å²) in [4.78, 5) is 5.56. The monoisotopic (exact) mass is 127 g/mol. The van der Waals surface area contributed by atoms with Gasteiger partial charge in [0.2, 0.25) is 0 Å². The zero-order valence-corrected chi connectivity index (χ0v) is 5.68. The molecule has 0 radical (unpaired) electrons. The average molecular weight is 127 g/mol. The van der Waals surface area contributed by atoms with E-state index in [2.05, 4.69) is 5.06 Å². The summed E-state index contributed by atoms with van der Waals surface area (Å²) in [5.41, 5.74) is 0. The van der Waals surface area contributed by atoms with Crippen LogP contribution in [-0.2, 0) is 4.84 Å². The minimum atomic E-state index is 0.600. The van der Waals surface area contributed by atoms with Crippen LogP contribution in [0.1, 0.15) is 25.7 Å². The van der Waals surface area contributed by atoms with E-state index in [4.69, 9.17) is 4.84 Å². The molecule has 0 unspecified atom stereocenters. The second kappa shape index (κ2) is 2.27. The van der Waals surface area contributed by atoms with Crippen LogP contribution >= 0.6 is 0 Å². The maximum absolute atomic E-state index is 5.56. The summed E-state index contributed by atoms with van der Waals surface area (Å²) in [6.07, 6.45) is 5.83. The van der Waals surface area contributed by atoms with Crippen molar-refractivity contribution in [2.75, 3.05) is 13.1 Å². The second-order valence-electron chi connectivity index (χ2n) is 2.94. The van der Waals surface area contributed by atoms with Gasteiger partial charge in [0.15, 0.2) is 0 Å².